The topological polar surface area (TPSA) is 93.7 Å². The summed E-state index contributed by atoms with van der Waals surface area (Å²) >= 11 is 0. The number of ether oxygens (including phenoxy) is 1. The molecular formula is C35H49N5O3. The summed E-state index contributed by atoms with van der Waals surface area (Å²) in [6.07, 6.45) is 13.0. The lowest BCUT2D eigenvalue weighted by atomic mass is 9.79. The van der Waals surface area contributed by atoms with Gasteiger partial charge in [-0.2, -0.15) is 5.10 Å². The highest BCUT2D eigenvalue weighted by Gasteiger charge is 2.39. The van der Waals surface area contributed by atoms with Gasteiger partial charge in [0.25, 0.3) is 5.91 Å². The van der Waals surface area contributed by atoms with E-state index in [1.807, 2.05) is 18.2 Å². The number of aromatic amines is 1. The summed E-state index contributed by atoms with van der Waals surface area (Å²) in [5, 5.41) is 21.4. The highest BCUT2D eigenvalue weighted by molar-refractivity contribution is 6.01. The lowest BCUT2D eigenvalue weighted by molar-refractivity contribution is -0.0361. The summed E-state index contributed by atoms with van der Waals surface area (Å²) in [6, 6.07) is 14.6. The van der Waals surface area contributed by atoms with Crippen molar-refractivity contribution in [3.63, 3.8) is 0 Å². The molecule has 1 aromatic heterocycles. The average molecular weight is 588 g/mol. The van der Waals surface area contributed by atoms with Gasteiger partial charge in [0.15, 0.2) is 0 Å². The van der Waals surface area contributed by atoms with E-state index in [2.05, 4.69) is 49.6 Å². The largest absolute Gasteiger partial charge is 0.396 e. The molecule has 1 unspecified atom stereocenters. The van der Waals surface area contributed by atoms with E-state index >= 15 is 0 Å². The van der Waals surface area contributed by atoms with Gasteiger partial charge in [-0.25, -0.2) is 0 Å². The van der Waals surface area contributed by atoms with Crippen LogP contribution >= 0.6 is 0 Å². The minimum absolute atomic E-state index is 0.0167. The minimum atomic E-state index is -0.0167. The SMILES string of the molecule is O=C(NCC1(N2CCOCC2)CCCCC1)c1ccc2[nH]nc(-c3ccc(N4CCCCC(CCCO)CC4)cc3)c2c1. The first-order valence-electron chi connectivity index (χ1n) is 16.7. The summed E-state index contributed by atoms with van der Waals surface area (Å²) < 4.78 is 5.63. The standard InChI is InChI=1S/C35H49N5O3/c41-22-6-8-27-7-2-5-18-39(19-15-27)30-12-9-28(10-13-30)33-31-25-29(11-14-32(31)37-38-33)34(42)36-26-35(16-3-1-4-17-35)40-20-23-43-24-21-40/h9-14,25,27,41H,1-8,15-24,26H2,(H,36,42)(H,37,38). The molecule has 2 aliphatic heterocycles. The molecule has 3 fully saturated rings. The number of aromatic nitrogens is 2. The maximum Gasteiger partial charge on any atom is 0.251 e. The second-order valence-corrected chi connectivity index (χ2v) is 12.9. The van der Waals surface area contributed by atoms with Crippen LogP contribution in [0.2, 0.25) is 0 Å². The van der Waals surface area contributed by atoms with Crippen LogP contribution < -0.4 is 10.2 Å². The van der Waals surface area contributed by atoms with Crippen LogP contribution in [0.5, 0.6) is 0 Å². The number of anilines is 1. The second-order valence-electron chi connectivity index (χ2n) is 12.9. The zero-order chi connectivity index (χ0) is 29.5. The fourth-order valence-corrected chi connectivity index (χ4v) is 7.66. The number of hydrogen-bond donors (Lipinski definition) is 3. The van der Waals surface area contributed by atoms with Gasteiger partial charge >= 0.3 is 0 Å². The Kier molecular flexibility index (Phi) is 9.96. The predicted octanol–water partition coefficient (Wildman–Crippen LogP) is 5.76. The van der Waals surface area contributed by atoms with Crippen LogP contribution in [0.15, 0.2) is 42.5 Å². The van der Waals surface area contributed by atoms with Crippen molar-refractivity contribution in [3.05, 3.63) is 48.0 Å². The monoisotopic (exact) mass is 587 g/mol. The van der Waals surface area contributed by atoms with Gasteiger partial charge in [-0.3, -0.25) is 14.8 Å². The van der Waals surface area contributed by atoms with Crippen molar-refractivity contribution >= 4 is 22.5 Å². The molecule has 1 atom stereocenters. The number of carbonyl (C=O) groups excluding carboxylic acids is 1. The van der Waals surface area contributed by atoms with Gasteiger partial charge in [-0.05, 0) is 74.8 Å². The first kappa shape index (κ1) is 30.1. The van der Waals surface area contributed by atoms with Gasteiger partial charge in [-0.15, -0.1) is 0 Å². The van der Waals surface area contributed by atoms with Crippen molar-refractivity contribution < 1.29 is 14.6 Å². The van der Waals surface area contributed by atoms with E-state index in [1.54, 1.807) is 0 Å². The van der Waals surface area contributed by atoms with Gasteiger partial charge in [0.05, 0.1) is 24.4 Å². The summed E-state index contributed by atoms with van der Waals surface area (Å²) in [4.78, 5) is 18.6. The highest BCUT2D eigenvalue weighted by atomic mass is 16.5. The van der Waals surface area contributed by atoms with E-state index in [4.69, 9.17) is 4.74 Å². The Bertz CT molecular complexity index is 1330. The number of nitrogens with zero attached hydrogens (tertiary/aromatic N) is 3. The van der Waals surface area contributed by atoms with Crippen LogP contribution in [0.1, 0.15) is 81.0 Å². The van der Waals surface area contributed by atoms with E-state index in [0.717, 1.165) is 87.2 Å². The maximum absolute atomic E-state index is 13.5. The van der Waals surface area contributed by atoms with Gasteiger partial charge in [-0.1, -0.05) is 44.2 Å². The number of hydrogen-bond acceptors (Lipinski definition) is 6. The fraction of sp³-hybridized carbons (Fsp3) is 0.600. The van der Waals surface area contributed by atoms with Crippen molar-refractivity contribution in [1.29, 1.82) is 0 Å². The molecule has 3 heterocycles. The van der Waals surface area contributed by atoms with E-state index in [-0.39, 0.29) is 11.4 Å². The molecule has 2 saturated heterocycles. The summed E-state index contributed by atoms with van der Waals surface area (Å²) in [5.74, 6) is 0.695. The van der Waals surface area contributed by atoms with Crippen molar-refractivity contribution in [3.8, 4) is 11.3 Å². The van der Waals surface area contributed by atoms with E-state index < -0.39 is 0 Å². The zero-order valence-corrected chi connectivity index (χ0v) is 25.7. The van der Waals surface area contributed by atoms with Crippen LogP contribution in [0.3, 0.4) is 0 Å². The quantitative estimate of drug-likeness (QED) is 0.295. The van der Waals surface area contributed by atoms with Crippen LogP contribution in [-0.4, -0.2) is 84.2 Å². The van der Waals surface area contributed by atoms with Crippen molar-refractivity contribution in [2.45, 2.75) is 76.2 Å². The van der Waals surface area contributed by atoms with E-state index in [0.29, 0.717) is 24.6 Å². The first-order chi connectivity index (χ1) is 21.1. The van der Waals surface area contributed by atoms with Crippen molar-refractivity contribution in [2.75, 3.05) is 57.4 Å². The van der Waals surface area contributed by atoms with E-state index in [1.165, 1.54) is 50.6 Å². The molecule has 8 nitrogen and oxygen atoms in total. The zero-order valence-electron chi connectivity index (χ0n) is 25.7. The Hall–Kier alpha value is -2.94. The number of morpholine rings is 1. The predicted molar refractivity (Wildman–Crippen MR) is 173 cm³/mol. The Morgan fingerprint density at radius 3 is 2.58 bits per heavy atom. The van der Waals surface area contributed by atoms with Gasteiger partial charge in [0.2, 0.25) is 0 Å². The fourth-order valence-electron chi connectivity index (χ4n) is 7.66. The maximum atomic E-state index is 13.5. The number of amides is 1. The third kappa shape index (κ3) is 7.08. The molecule has 3 N–H and O–H groups in total. The molecule has 1 aliphatic carbocycles. The summed E-state index contributed by atoms with van der Waals surface area (Å²) in [6.45, 7) is 6.58. The smallest absolute Gasteiger partial charge is 0.251 e. The normalized spacial score (nSPS) is 21.8. The Balaban J connectivity index is 1.14. The van der Waals surface area contributed by atoms with Crippen LogP contribution in [0.4, 0.5) is 5.69 Å². The molecular weight excluding hydrogens is 538 g/mol. The molecule has 6 rings (SSSR count). The number of benzene rings is 2. The lowest BCUT2D eigenvalue weighted by Crippen LogP contribution is -2.59. The molecule has 0 spiro atoms. The third-order valence-electron chi connectivity index (χ3n) is 10.2. The van der Waals surface area contributed by atoms with Gasteiger partial charge in [0, 0.05) is 67.1 Å². The molecule has 1 amide bonds. The Morgan fingerprint density at radius 2 is 1.79 bits per heavy atom. The molecule has 2 aromatic carbocycles. The van der Waals surface area contributed by atoms with E-state index in [9.17, 15) is 9.90 Å². The number of rotatable bonds is 9. The van der Waals surface area contributed by atoms with Gasteiger partial charge < -0.3 is 20.1 Å². The number of nitrogens with one attached hydrogen (secondary N) is 2. The minimum Gasteiger partial charge on any atom is -0.396 e. The van der Waals surface area contributed by atoms with Crippen molar-refractivity contribution in [1.82, 2.24) is 20.4 Å². The number of carbonyl (C=O) groups is 1. The number of aliphatic hydroxyl groups excluding tert-OH is 1. The molecule has 1 saturated carbocycles. The van der Waals surface area contributed by atoms with Crippen molar-refractivity contribution in [2.24, 2.45) is 5.92 Å². The molecule has 8 heteroatoms. The number of aliphatic hydroxyl groups is 1. The van der Waals surface area contributed by atoms with Crippen LogP contribution in [0.25, 0.3) is 22.2 Å². The first-order valence-corrected chi connectivity index (χ1v) is 16.7. The number of fused-ring (bicyclic) bond motifs is 1. The molecule has 0 bridgehead atoms. The summed E-state index contributed by atoms with van der Waals surface area (Å²) in [5.41, 5.74) is 4.83. The Labute approximate surface area is 256 Å². The molecule has 232 valence electrons. The third-order valence-corrected chi connectivity index (χ3v) is 10.2. The summed E-state index contributed by atoms with van der Waals surface area (Å²) in [7, 11) is 0. The molecule has 3 aromatic rings. The average Bonchev–Trinajstić information content (AvgIpc) is 3.48. The van der Waals surface area contributed by atoms with Crippen LogP contribution in [-0.2, 0) is 4.74 Å². The molecule has 43 heavy (non-hydrogen) atoms. The molecule has 3 aliphatic rings. The highest BCUT2D eigenvalue weighted by Crippen LogP contribution is 2.34. The molecule has 0 radical (unpaired) electrons. The second kappa shape index (κ2) is 14.2. The van der Waals surface area contributed by atoms with Gasteiger partial charge in [0.1, 0.15) is 0 Å². The number of H-pyrrole nitrogens is 1. The lowest BCUT2D eigenvalue weighted by Gasteiger charge is -2.48. The van der Waals surface area contributed by atoms with Crippen LogP contribution in [0, 0.1) is 5.92 Å². The Morgan fingerprint density at radius 1 is 0.977 bits per heavy atom.